The van der Waals surface area contributed by atoms with E-state index in [1.807, 2.05) is 22.9 Å². The summed E-state index contributed by atoms with van der Waals surface area (Å²) in [6.07, 6.45) is 1.86. The molecule has 0 fully saturated rings. The molecule has 3 nitrogen and oxygen atoms in total. The average Bonchev–Trinajstić information content (AvgIpc) is 2.61. The van der Waals surface area contributed by atoms with E-state index in [9.17, 15) is 0 Å². The van der Waals surface area contributed by atoms with Crippen LogP contribution in [-0.4, -0.2) is 4.57 Å². The van der Waals surface area contributed by atoms with E-state index < -0.39 is 0 Å². The largest absolute Gasteiger partial charge is 0.334 e. The third-order valence-corrected chi connectivity index (χ3v) is 2.14. The number of nitrogens with zero attached hydrogens (tertiary/aromatic N) is 3. The van der Waals surface area contributed by atoms with Crippen molar-refractivity contribution < 1.29 is 0 Å². The Bertz CT molecular complexity index is 552. The van der Waals surface area contributed by atoms with Crippen molar-refractivity contribution in [3.8, 4) is 12.1 Å². The van der Waals surface area contributed by atoms with E-state index in [1.54, 1.807) is 12.1 Å². The van der Waals surface area contributed by atoms with Crippen molar-refractivity contribution in [3.63, 3.8) is 0 Å². The Labute approximate surface area is 81.4 Å². The molecule has 0 spiro atoms. The molecule has 1 aromatic heterocycles. The van der Waals surface area contributed by atoms with E-state index in [4.69, 9.17) is 10.5 Å². The molecule has 0 radical (unpaired) electrons. The minimum atomic E-state index is 0.318. The van der Waals surface area contributed by atoms with Crippen LogP contribution in [0.2, 0.25) is 0 Å². The molecular formula is C11H7N3. The molecule has 14 heavy (non-hydrogen) atoms. The van der Waals surface area contributed by atoms with Crippen molar-refractivity contribution in [1.29, 1.82) is 10.5 Å². The number of hydrogen-bond donors (Lipinski definition) is 0. The summed E-state index contributed by atoms with van der Waals surface area (Å²) in [7, 11) is 0. The van der Waals surface area contributed by atoms with Crippen LogP contribution in [0.3, 0.4) is 0 Å². The van der Waals surface area contributed by atoms with Gasteiger partial charge in [-0.25, -0.2) is 0 Å². The van der Waals surface area contributed by atoms with Crippen molar-refractivity contribution in [2.75, 3.05) is 0 Å². The van der Waals surface area contributed by atoms with E-state index in [1.165, 1.54) is 0 Å². The van der Waals surface area contributed by atoms with Gasteiger partial charge < -0.3 is 4.57 Å². The molecule has 2 rings (SSSR count). The number of benzene rings is 1. The molecule has 0 unspecified atom stereocenters. The topological polar surface area (TPSA) is 52.5 Å². The first kappa shape index (κ1) is 8.34. The zero-order valence-corrected chi connectivity index (χ0v) is 7.44. The van der Waals surface area contributed by atoms with Gasteiger partial charge in [-0.3, -0.25) is 0 Å². The van der Waals surface area contributed by atoms with Gasteiger partial charge in [0.2, 0.25) is 0 Å². The molecule has 0 aliphatic carbocycles. The Balaban J connectivity index is 2.66. The van der Waals surface area contributed by atoms with Gasteiger partial charge in [0, 0.05) is 6.20 Å². The van der Waals surface area contributed by atoms with Gasteiger partial charge in [-0.2, -0.15) is 10.5 Å². The monoisotopic (exact) mass is 181 g/mol. The Morgan fingerprint density at radius 3 is 2.79 bits per heavy atom. The van der Waals surface area contributed by atoms with E-state index >= 15 is 0 Å². The Morgan fingerprint density at radius 2 is 2.07 bits per heavy atom. The SMILES string of the molecule is N#CCn1ccc2ccc(C#N)cc21. The highest BCUT2D eigenvalue weighted by Gasteiger charge is 2.00. The van der Waals surface area contributed by atoms with Crippen LogP contribution < -0.4 is 0 Å². The molecule has 2 aromatic rings. The van der Waals surface area contributed by atoms with Gasteiger partial charge in [-0.1, -0.05) is 6.07 Å². The minimum absolute atomic E-state index is 0.318. The lowest BCUT2D eigenvalue weighted by molar-refractivity contribution is 0.874. The van der Waals surface area contributed by atoms with Crippen molar-refractivity contribution in [3.05, 3.63) is 36.0 Å². The van der Waals surface area contributed by atoms with Gasteiger partial charge >= 0.3 is 0 Å². The van der Waals surface area contributed by atoms with Gasteiger partial charge in [0.15, 0.2) is 0 Å². The first-order chi connectivity index (χ1) is 6.85. The predicted molar refractivity (Wildman–Crippen MR) is 52.3 cm³/mol. The average molecular weight is 181 g/mol. The molecule has 0 aliphatic rings. The second kappa shape index (κ2) is 3.24. The third-order valence-electron chi connectivity index (χ3n) is 2.14. The number of rotatable bonds is 1. The summed E-state index contributed by atoms with van der Waals surface area (Å²) in [4.78, 5) is 0. The second-order valence-corrected chi connectivity index (χ2v) is 2.99. The van der Waals surface area contributed by atoms with Gasteiger partial charge in [0.05, 0.1) is 23.2 Å². The Morgan fingerprint density at radius 1 is 1.21 bits per heavy atom. The molecule has 0 N–H and O–H groups in total. The van der Waals surface area contributed by atoms with E-state index in [0.717, 1.165) is 10.9 Å². The Kier molecular flexibility index (Phi) is 1.93. The summed E-state index contributed by atoms with van der Waals surface area (Å²) in [6, 6.07) is 11.6. The highest BCUT2D eigenvalue weighted by molar-refractivity contribution is 5.81. The molecule has 1 aromatic carbocycles. The maximum Gasteiger partial charge on any atom is 0.110 e. The number of hydrogen-bond acceptors (Lipinski definition) is 2. The maximum atomic E-state index is 8.73. The van der Waals surface area contributed by atoms with Gasteiger partial charge in [0.25, 0.3) is 0 Å². The van der Waals surface area contributed by atoms with Crippen LogP contribution in [0.4, 0.5) is 0 Å². The molecule has 0 saturated carbocycles. The van der Waals surface area contributed by atoms with Crippen LogP contribution >= 0.6 is 0 Å². The normalized spacial score (nSPS) is 9.57. The van der Waals surface area contributed by atoms with Crippen LogP contribution in [0.1, 0.15) is 5.56 Å². The lowest BCUT2D eigenvalue weighted by Crippen LogP contribution is -1.92. The van der Waals surface area contributed by atoms with Crippen molar-refractivity contribution >= 4 is 10.9 Å². The first-order valence-electron chi connectivity index (χ1n) is 4.21. The van der Waals surface area contributed by atoms with E-state index in [-0.39, 0.29) is 0 Å². The number of nitriles is 2. The summed E-state index contributed by atoms with van der Waals surface area (Å²) >= 11 is 0. The Hall–Kier alpha value is -2.26. The first-order valence-corrected chi connectivity index (χ1v) is 4.21. The van der Waals surface area contributed by atoms with Crippen LogP contribution in [-0.2, 0) is 6.54 Å². The van der Waals surface area contributed by atoms with Crippen LogP contribution in [0.15, 0.2) is 30.5 Å². The summed E-state index contributed by atoms with van der Waals surface area (Å²) in [6.45, 7) is 0.318. The highest BCUT2D eigenvalue weighted by Crippen LogP contribution is 2.16. The fourth-order valence-corrected chi connectivity index (χ4v) is 1.47. The van der Waals surface area contributed by atoms with Crippen LogP contribution in [0.25, 0.3) is 10.9 Å². The lowest BCUT2D eigenvalue weighted by Gasteiger charge is -1.98. The van der Waals surface area contributed by atoms with Crippen LogP contribution in [0.5, 0.6) is 0 Å². The quantitative estimate of drug-likeness (QED) is 0.675. The lowest BCUT2D eigenvalue weighted by atomic mass is 10.2. The molecule has 0 aliphatic heterocycles. The fraction of sp³-hybridized carbons (Fsp3) is 0.0909. The fourth-order valence-electron chi connectivity index (χ4n) is 1.47. The van der Waals surface area contributed by atoms with Crippen molar-refractivity contribution in [2.45, 2.75) is 6.54 Å². The summed E-state index contributed by atoms with van der Waals surface area (Å²) in [5.41, 5.74) is 1.56. The molecule has 1 heterocycles. The van der Waals surface area contributed by atoms with E-state index in [0.29, 0.717) is 12.1 Å². The van der Waals surface area contributed by atoms with Gasteiger partial charge in [-0.15, -0.1) is 0 Å². The molecule has 66 valence electrons. The summed E-state index contributed by atoms with van der Waals surface area (Å²) in [5.74, 6) is 0. The molecule has 0 amide bonds. The number of fused-ring (bicyclic) bond motifs is 1. The number of aromatic nitrogens is 1. The van der Waals surface area contributed by atoms with Crippen LogP contribution in [0, 0.1) is 22.7 Å². The standard InChI is InChI=1S/C11H7N3/c12-4-6-14-5-3-10-2-1-9(8-13)7-11(10)14/h1-3,5,7H,6H2. The smallest absolute Gasteiger partial charge is 0.110 e. The molecule has 3 heteroatoms. The second-order valence-electron chi connectivity index (χ2n) is 2.99. The molecule has 0 bridgehead atoms. The predicted octanol–water partition coefficient (Wildman–Crippen LogP) is 2.04. The zero-order chi connectivity index (χ0) is 9.97. The maximum absolute atomic E-state index is 8.73. The summed E-state index contributed by atoms with van der Waals surface area (Å²) < 4.78 is 1.83. The van der Waals surface area contributed by atoms with E-state index in [2.05, 4.69) is 12.1 Å². The van der Waals surface area contributed by atoms with Crippen molar-refractivity contribution in [2.24, 2.45) is 0 Å². The minimum Gasteiger partial charge on any atom is -0.334 e. The highest BCUT2D eigenvalue weighted by atomic mass is 14.9. The van der Waals surface area contributed by atoms with Crippen molar-refractivity contribution in [1.82, 2.24) is 4.57 Å². The van der Waals surface area contributed by atoms with Gasteiger partial charge in [0.1, 0.15) is 6.54 Å². The molecule has 0 saturated heterocycles. The molecular weight excluding hydrogens is 174 g/mol. The zero-order valence-electron chi connectivity index (χ0n) is 7.44. The molecule has 0 atom stereocenters. The third kappa shape index (κ3) is 1.22. The van der Waals surface area contributed by atoms with Gasteiger partial charge in [-0.05, 0) is 23.6 Å². The summed E-state index contributed by atoms with van der Waals surface area (Å²) in [5, 5.41) is 18.4.